The van der Waals surface area contributed by atoms with Crippen LogP contribution >= 0.6 is 0 Å². The van der Waals surface area contributed by atoms with Crippen LogP contribution in [0.15, 0.2) is 24.3 Å². The molecule has 0 fully saturated rings. The van der Waals surface area contributed by atoms with Gasteiger partial charge in [-0.25, -0.2) is 0 Å². The second-order valence-corrected chi connectivity index (χ2v) is 4.68. The zero-order chi connectivity index (χ0) is 12.7. The molecule has 0 aliphatic rings. The third-order valence-corrected chi connectivity index (χ3v) is 3.34. The molecule has 2 nitrogen and oxygen atoms in total. The van der Waals surface area contributed by atoms with Crippen molar-refractivity contribution in [3.05, 3.63) is 29.8 Å². The Bertz CT molecular complexity index is 301. The molecule has 96 valence electrons. The number of hydrogen-bond donors (Lipinski definition) is 1. The summed E-state index contributed by atoms with van der Waals surface area (Å²) in [5.74, 6) is 0. The van der Waals surface area contributed by atoms with Crippen LogP contribution in [0.1, 0.15) is 45.6 Å². The van der Waals surface area contributed by atoms with E-state index < -0.39 is 0 Å². The van der Waals surface area contributed by atoms with E-state index in [0.717, 1.165) is 12.2 Å². The van der Waals surface area contributed by atoms with Crippen molar-refractivity contribution in [2.45, 2.75) is 52.6 Å². The molecule has 0 bridgehead atoms. The van der Waals surface area contributed by atoms with Crippen molar-refractivity contribution in [3.8, 4) is 0 Å². The van der Waals surface area contributed by atoms with Crippen LogP contribution in [0.25, 0.3) is 0 Å². The van der Waals surface area contributed by atoms with Gasteiger partial charge in [0.25, 0.3) is 0 Å². The summed E-state index contributed by atoms with van der Waals surface area (Å²) in [6.07, 6.45) is 3.67. The molecule has 2 heteroatoms. The highest BCUT2D eigenvalue weighted by molar-refractivity contribution is 5.39. The van der Waals surface area contributed by atoms with Gasteiger partial charge in [-0.15, -0.1) is 0 Å². The number of rotatable bonds is 7. The first-order valence-corrected chi connectivity index (χ1v) is 6.79. The van der Waals surface area contributed by atoms with E-state index >= 15 is 0 Å². The predicted octanol–water partition coefficient (Wildman–Crippen LogP) is 3.67. The highest BCUT2D eigenvalue weighted by Gasteiger charge is 2.14. The Morgan fingerprint density at radius 1 is 1.06 bits per heavy atom. The summed E-state index contributed by atoms with van der Waals surface area (Å²) in [6, 6.07) is 8.96. The van der Waals surface area contributed by atoms with Crippen molar-refractivity contribution in [1.82, 2.24) is 4.90 Å². The molecule has 0 amide bonds. The summed E-state index contributed by atoms with van der Waals surface area (Å²) in [6.45, 7) is 9.02. The maximum Gasteiger partial charge on any atom is 0.0314 e. The van der Waals surface area contributed by atoms with E-state index in [4.69, 9.17) is 5.73 Å². The number of nitrogens with two attached hydrogens (primary N) is 1. The molecule has 1 aromatic rings. The van der Waals surface area contributed by atoms with E-state index in [1.165, 1.54) is 31.4 Å². The molecule has 2 N–H and O–H groups in total. The third kappa shape index (κ3) is 4.39. The fourth-order valence-electron chi connectivity index (χ4n) is 2.34. The largest absolute Gasteiger partial charge is 0.399 e. The molecular weight excluding hydrogens is 208 g/mol. The summed E-state index contributed by atoms with van der Waals surface area (Å²) < 4.78 is 0. The molecule has 1 rings (SSSR count). The number of hydrogen-bond acceptors (Lipinski definition) is 2. The van der Waals surface area contributed by atoms with Gasteiger partial charge in [0, 0.05) is 18.3 Å². The van der Waals surface area contributed by atoms with Crippen LogP contribution in [0.3, 0.4) is 0 Å². The maximum absolute atomic E-state index is 5.71. The lowest BCUT2D eigenvalue weighted by Crippen LogP contribution is -2.34. The molecule has 0 unspecified atom stereocenters. The Morgan fingerprint density at radius 3 is 2.12 bits per heavy atom. The predicted molar refractivity (Wildman–Crippen MR) is 75.9 cm³/mol. The van der Waals surface area contributed by atoms with Crippen molar-refractivity contribution >= 4 is 5.69 Å². The molecular formula is C15H26N2. The molecule has 17 heavy (non-hydrogen) atoms. The zero-order valence-electron chi connectivity index (χ0n) is 11.4. The van der Waals surface area contributed by atoms with Gasteiger partial charge in [0.05, 0.1) is 0 Å². The number of benzene rings is 1. The first kappa shape index (κ1) is 14.0. The summed E-state index contributed by atoms with van der Waals surface area (Å²) >= 11 is 0. The van der Waals surface area contributed by atoms with Crippen molar-refractivity contribution in [1.29, 1.82) is 0 Å². The first-order chi connectivity index (χ1) is 8.21. The molecule has 0 saturated heterocycles. The van der Waals surface area contributed by atoms with Crippen molar-refractivity contribution in [2.75, 3.05) is 12.3 Å². The monoisotopic (exact) mass is 234 g/mol. The molecule has 0 aromatic heterocycles. The highest BCUT2D eigenvalue weighted by Crippen LogP contribution is 2.15. The van der Waals surface area contributed by atoms with Crippen LogP contribution < -0.4 is 5.73 Å². The second-order valence-electron chi connectivity index (χ2n) is 4.68. The Kier molecular flexibility index (Phi) is 6.06. The molecule has 0 radical (unpaired) electrons. The van der Waals surface area contributed by atoms with E-state index in [9.17, 15) is 0 Å². The maximum atomic E-state index is 5.71. The lowest BCUT2D eigenvalue weighted by molar-refractivity contribution is 0.177. The molecule has 1 aromatic carbocycles. The minimum Gasteiger partial charge on any atom is -0.399 e. The van der Waals surface area contributed by atoms with Crippen LogP contribution in [0.5, 0.6) is 0 Å². The molecule has 0 aliphatic heterocycles. The van der Waals surface area contributed by atoms with Gasteiger partial charge in [-0.05, 0) is 43.5 Å². The standard InChI is InChI=1S/C15H26N2/c1-4-11-17(15(5-2)6-3)12-13-7-9-14(16)10-8-13/h7-10,15H,4-6,11-12,16H2,1-3H3. The van der Waals surface area contributed by atoms with E-state index in [1.54, 1.807) is 0 Å². The van der Waals surface area contributed by atoms with E-state index in [-0.39, 0.29) is 0 Å². The van der Waals surface area contributed by atoms with Crippen LogP contribution in [0.4, 0.5) is 5.69 Å². The van der Waals surface area contributed by atoms with Crippen LogP contribution in [-0.4, -0.2) is 17.5 Å². The minimum absolute atomic E-state index is 0.701. The van der Waals surface area contributed by atoms with Gasteiger partial charge in [0.15, 0.2) is 0 Å². The molecule has 0 heterocycles. The minimum atomic E-state index is 0.701. The smallest absolute Gasteiger partial charge is 0.0314 e. The van der Waals surface area contributed by atoms with Gasteiger partial charge in [-0.2, -0.15) is 0 Å². The van der Waals surface area contributed by atoms with Crippen molar-refractivity contribution in [3.63, 3.8) is 0 Å². The van der Waals surface area contributed by atoms with Gasteiger partial charge in [-0.3, -0.25) is 4.90 Å². The lowest BCUT2D eigenvalue weighted by Gasteiger charge is -2.30. The van der Waals surface area contributed by atoms with Gasteiger partial charge in [0.1, 0.15) is 0 Å². The first-order valence-electron chi connectivity index (χ1n) is 6.79. The third-order valence-electron chi connectivity index (χ3n) is 3.34. The number of anilines is 1. The SMILES string of the molecule is CCCN(Cc1ccc(N)cc1)C(CC)CC. The van der Waals surface area contributed by atoms with Gasteiger partial charge < -0.3 is 5.73 Å². The summed E-state index contributed by atoms with van der Waals surface area (Å²) in [5.41, 5.74) is 7.92. The molecule has 0 aliphatic carbocycles. The number of nitrogen functional groups attached to an aromatic ring is 1. The van der Waals surface area contributed by atoms with Crippen molar-refractivity contribution < 1.29 is 0 Å². The Hall–Kier alpha value is -1.02. The fraction of sp³-hybridized carbons (Fsp3) is 0.600. The molecule has 0 atom stereocenters. The molecule has 0 saturated carbocycles. The van der Waals surface area contributed by atoms with Gasteiger partial charge in [-0.1, -0.05) is 32.9 Å². The summed E-state index contributed by atoms with van der Waals surface area (Å²) in [4.78, 5) is 2.59. The van der Waals surface area contributed by atoms with E-state index in [1.807, 2.05) is 12.1 Å². The lowest BCUT2D eigenvalue weighted by atomic mass is 10.1. The van der Waals surface area contributed by atoms with E-state index in [0.29, 0.717) is 6.04 Å². The normalized spacial score (nSPS) is 11.4. The van der Waals surface area contributed by atoms with E-state index in [2.05, 4.69) is 37.8 Å². The number of nitrogens with zero attached hydrogens (tertiary/aromatic N) is 1. The Balaban J connectivity index is 2.68. The topological polar surface area (TPSA) is 29.3 Å². The highest BCUT2D eigenvalue weighted by atomic mass is 15.1. The van der Waals surface area contributed by atoms with Crippen molar-refractivity contribution in [2.24, 2.45) is 0 Å². The van der Waals surface area contributed by atoms with Crippen LogP contribution in [-0.2, 0) is 6.54 Å². The zero-order valence-corrected chi connectivity index (χ0v) is 11.4. The van der Waals surface area contributed by atoms with Gasteiger partial charge in [0.2, 0.25) is 0 Å². The molecule has 0 spiro atoms. The van der Waals surface area contributed by atoms with Gasteiger partial charge >= 0.3 is 0 Å². The van der Waals surface area contributed by atoms with Crippen LogP contribution in [0, 0.1) is 0 Å². The second kappa shape index (κ2) is 7.33. The Morgan fingerprint density at radius 2 is 1.65 bits per heavy atom. The summed E-state index contributed by atoms with van der Waals surface area (Å²) in [5, 5.41) is 0. The Labute approximate surface area is 106 Å². The quantitative estimate of drug-likeness (QED) is 0.729. The fourth-order valence-corrected chi connectivity index (χ4v) is 2.34. The average molecular weight is 234 g/mol. The average Bonchev–Trinajstić information content (AvgIpc) is 2.34. The van der Waals surface area contributed by atoms with Crippen LogP contribution in [0.2, 0.25) is 0 Å². The summed E-state index contributed by atoms with van der Waals surface area (Å²) in [7, 11) is 0.